The molecule has 0 spiro atoms. The van der Waals surface area contributed by atoms with Gasteiger partial charge in [0.2, 0.25) is 11.8 Å². The van der Waals surface area contributed by atoms with Crippen molar-refractivity contribution in [1.82, 2.24) is 20.0 Å². The highest BCUT2D eigenvalue weighted by Crippen LogP contribution is 2.29. The average molecular weight is 395 g/mol. The lowest BCUT2D eigenvalue weighted by Crippen LogP contribution is -2.31. The van der Waals surface area contributed by atoms with Crippen molar-refractivity contribution < 1.29 is 9.15 Å². The molecule has 2 unspecified atom stereocenters. The Hall–Kier alpha value is -2.60. The summed E-state index contributed by atoms with van der Waals surface area (Å²) in [5, 5.41) is 8.56. The molecule has 2 aromatic rings. The average Bonchev–Trinajstić information content (AvgIpc) is 3.43. The molecule has 1 aromatic carbocycles. The zero-order valence-electron chi connectivity index (χ0n) is 17.5. The van der Waals surface area contributed by atoms with Crippen LogP contribution in [-0.4, -0.2) is 60.3 Å². The van der Waals surface area contributed by atoms with Crippen molar-refractivity contribution >= 4 is 0 Å². The highest BCUT2D eigenvalue weighted by Gasteiger charge is 2.26. The number of aromatic nitrogens is 2. The topological polar surface area (TPSA) is 54.6 Å². The normalized spacial score (nSPS) is 21.7. The molecule has 2 aliphatic rings. The van der Waals surface area contributed by atoms with E-state index in [0.29, 0.717) is 17.8 Å². The third-order valence-corrected chi connectivity index (χ3v) is 5.90. The van der Waals surface area contributed by atoms with Gasteiger partial charge < -0.3 is 19.0 Å². The second kappa shape index (κ2) is 8.82. The van der Waals surface area contributed by atoms with Crippen molar-refractivity contribution in [2.45, 2.75) is 37.6 Å². The van der Waals surface area contributed by atoms with Crippen LogP contribution in [0.4, 0.5) is 0 Å². The van der Waals surface area contributed by atoms with Crippen LogP contribution in [0.5, 0.6) is 5.75 Å². The van der Waals surface area contributed by atoms with Gasteiger partial charge in [0.1, 0.15) is 5.75 Å². The van der Waals surface area contributed by atoms with Gasteiger partial charge in [-0.2, -0.15) is 0 Å². The van der Waals surface area contributed by atoms with Gasteiger partial charge in [-0.15, -0.1) is 10.2 Å². The van der Waals surface area contributed by atoms with Crippen molar-refractivity contribution in [2.24, 2.45) is 0 Å². The van der Waals surface area contributed by atoms with Crippen molar-refractivity contribution in [3.63, 3.8) is 0 Å². The molecule has 6 nitrogen and oxygen atoms in total. The maximum absolute atomic E-state index is 5.96. The Morgan fingerprint density at radius 2 is 2.14 bits per heavy atom. The number of hydrogen-bond acceptors (Lipinski definition) is 6. The fourth-order valence-corrected chi connectivity index (χ4v) is 4.02. The van der Waals surface area contributed by atoms with Gasteiger partial charge in [0.25, 0.3) is 0 Å². The first kappa shape index (κ1) is 19.7. The zero-order chi connectivity index (χ0) is 20.2. The lowest BCUT2D eigenvalue weighted by molar-refractivity contribution is 0.292. The first-order chi connectivity index (χ1) is 14.1. The Morgan fingerprint density at radius 1 is 1.24 bits per heavy atom. The number of likely N-dealkylation sites (N-methyl/N-ethyl adjacent to an activating group) is 1. The molecule has 0 saturated carbocycles. The number of ether oxygens (including phenoxy) is 1. The summed E-state index contributed by atoms with van der Waals surface area (Å²) in [5.74, 6) is 2.45. The van der Waals surface area contributed by atoms with Gasteiger partial charge in [0, 0.05) is 31.2 Å². The van der Waals surface area contributed by atoms with Crippen LogP contribution in [0.25, 0.3) is 0 Å². The molecule has 2 heterocycles. The minimum atomic E-state index is 0.170. The summed E-state index contributed by atoms with van der Waals surface area (Å²) in [6.45, 7) is 2.22. The van der Waals surface area contributed by atoms with Crippen LogP contribution in [-0.2, 0) is 12.8 Å². The Morgan fingerprint density at radius 3 is 2.86 bits per heavy atom. The molecule has 0 amide bonds. The van der Waals surface area contributed by atoms with Crippen LogP contribution in [0.3, 0.4) is 0 Å². The first-order valence-corrected chi connectivity index (χ1v) is 10.4. The SMILES string of the molecule is COc1cccc(CCc2nnc(C3C=CC(N4CCC(N(C)C)C4)=CC3)o2)c1. The number of aryl methyl sites for hydroxylation is 2. The molecule has 0 bridgehead atoms. The van der Waals surface area contributed by atoms with Crippen molar-refractivity contribution in [2.75, 3.05) is 34.3 Å². The third kappa shape index (κ3) is 4.70. The number of allylic oxidation sites excluding steroid dienone is 3. The van der Waals surface area contributed by atoms with E-state index in [-0.39, 0.29) is 5.92 Å². The van der Waals surface area contributed by atoms with Crippen LogP contribution < -0.4 is 4.74 Å². The predicted molar refractivity (Wildman–Crippen MR) is 113 cm³/mol. The molecule has 0 N–H and O–H groups in total. The number of nitrogens with zero attached hydrogens (tertiary/aromatic N) is 4. The minimum Gasteiger partial charge on any atom is -0.497 e. The van der Waals surface area contributed by atoms with E-state index in [2.05, 4.69) is 58.4 Å². The Balaban J connectivity index is 1.31. The summed E-state index contributed by atoms with van der Waals surface area (Å²) < 4.78 is 11.2. The van der Waals surface area contributed by atoms with E-state index in [1.54, 1.807) is 7.11 Å². The van der Waals surface area contributed by atoms with Gasteiger partial charge in [-0.1, -0.05) is 24.3 Å². The Labute approximate surface area is 172 Å². The third-order valence-electron chi connectivity index (χ3n) is 5.90. The Bertz CT molecular complexity index is 887. The van der Waals surface area contributed by atoms with Crippen LogP contribution >= 0.6 is 0 Å². The molecule has 1 aliphatic carbocycles. The Kier molecular flexibility index (Phi) is 6.00. The molecule has 4 rings (SSSR count). The van der Waals surface area contributed by atoms with Gasteiger partial charge in [0.15, 0.2) is 0 Å². The molecular formula is C23H30N4O2. The largest absolute Gasteiger partial charge is 0.497 e. The van der Waals surface area contributed by atoms with E-state index >= 15 is 0 Å². The van der Waals surface area contributed by atoms with Crippen LogP contribution in [0.2, 0.25) is 0 Å². The molecule has 2 atom stereocenters. The van der Waals surface area contributed by atoms with Crippen molar-refractivity contribution in [3.8, 4) is 5.75 Å². The first-order valence-electron chi connectivity index (χ1n) is 10.4. The van der Waals surface area contributed by atoms with Gasteiger partial charge in [-0.05, 0) is 57.1 Å². The van der Waals surface area contributed by atoms with E-state index in [1.165, 1.54) is 17.7 Å². The zero-order valence-corrected chi connectivity index (χ0v) is 17.5. The summed E-state index contributed by atoms with van der Waals surface area (Å²) in [7, 11) is 6.01. The van der Waals surface area contributed by atoms with Crippen molar-refractivity contribution in [1.29, 1.82) is 0 Å². The van der Waals surface area contributed by atoms with Crippen LogP contribution in [0.15, 0.2) is 52.6 Å². The number of rotatable bonds is 7. The number of benzene rings is 1. The van der Waals surface area contributed by atoms with Gasteiger partial charge >= 0.3 is 0 Å². The molecule has 6 heteroatoms. The minimum absolute atomic E-state index is 0.170. The van der Waals surface area contributed by atoms with Crippen LogP contribution in [0.1, 0.15) is 36.1 Å². The summed E-state index contributed by atoms with van der Waals surface area (Å²) in [6, 6.07) is 8.74. The molecule has 29 heavy (non-hydrogen) atoms. The number of hydrogen-bond donors (Lipinski definition) is 0. The fourth-order valence-electron chi connectivity index (χ4n) is 4.02. The number of likely N-dealkylation sites (tertiary alicyclic amines) is 1. The molecule has 154 valence electrons. The van der Waals surface area contributed by atoms with Crippen LogP contribution in [0, 0.1) is 0 Å². The number of methoxy groups -OCH3 is 1. The molecule has 1 aromatic heterocycles. The maximum atomic E-state index is 5.96. The van der Waals surface area contributed by atoms with E-state index in [9.17, 15) is 0 Å². The monoisotopic (exact) mass is 394 g/mol. The van der Waals surface area contributed by atoms with Crippen molar-refractivity contribution in [3.05, 3.63) is 65.5 Å². The summed E-state index contributed by atoms with van der Waals surface area (Å²) in [5.41, 5.74) is 2.53. The molecule has 1 fully saturated rings. The van der Waals surface area contributed by atoms with E-state index in [4.69, 9.17) is 9.15 Å². The highest BCUT2D eigenvalue weighted by atomic mass is 16.5. The quantitative estimate of drug-likeness (QED) is 0.717. The highest BCUT2D eigenvalue weighted by molar-refractivity contribution is 5.29. The summed E-state index contributed by atoms with van der Waals surface area (Å²) >= 11 is 0. The van der Waals surface area contributed by atoms with E-state index < -0.39 is 0 Å². The fraction of sp³-hybridized carbons (Fsp3) is 0.478. The molecule has 1 aliphatic heterocycles. The van der Waals surface area contributed by atoms with Gasteiger partial charge in [-0.25, -0.2) is 0 Å². The second-order valence-electron chi connectivity index (χ2n) is 8.07. The van der Waals surface area contributed by atoms with E-state index in [1.807, 2.05) is 18.2 Å². The molecular weight excluding hydrogens is 364 g/mol. The second-order valence-corrected chi connectivity index (χ2v) is 8.07. The lowest BCUT2D eigenvalue weighted by Gasteiger charge is -2.25. The molecule has 1 saturated heterocycles. The van der Waals surface area contributed by atoms with Gasteiger partial charge in [0.05, 0.1) is 13.0 Å². The van der Waals surface area contributed by atoms with E-state index in [0.717, 1.165) is 38.1 Å². The predicted octanol–water partition coefficient (Wildman–Crippen LogP) is 3.43. The standard InChI is InChI=1S/C23H30N4O2/c1-26(2)20-13-14-27(16-20)19-10-8-18(9-11-19)23-25-24-22(29-23)12-7-17-5-4-6-21(15-17)28-3/h4-6,8,10-11,15,18,20H,7,9,12-14,16H2,1-3H3. The maximum Gasteiger partial charge on any atom is 0.223 e. The summed E-state index contributed by atoms with van der Waals surface area (Å²) in [4.78, 5) is 4.80. The smallest absolute Gasteiger partial charge is 0.223 e. The lowest BCUT2D eigenvalue weighted by atomic mass is 9.99. The summed E-state index contributed by atoms with van der Waals surface area (Å²) in [6.07, 6.45) is 10.4. The molecule has 0 radical (unpaired) electrons. The van der Waals surface area contributed by atoms with Gasteiger partial charge in [-0.3, -0.25) is 0 Å².